The summed E-state index contributed by atoms with van der Waals surface area (Å²) in [5, 5.41) is 0. The van der Waals surface area contributed by atoms with Gasteiger partial charge in [0.2, 0.25) is 0 Å². The van der Waals surface area contributed by atoms with E-state index in [-0.39, 0.29) is 0 Å². The van der Waals surface area contributed by atoms with Crippen LogP contribution in [0.15, 0.2) is 0 Å². The molecule has 11 heavy (non-hydrogen) atoms. The fraction of sp³-hybridized carbons (Fsp3) is 1.00. The van der Waals surface area contributed by atoms with Gasteiger partial charge in [-0.3, -0.25) is 4.90 Å². The molecule has 2 nitrogen and oxygen atoms in total. The van der Waals surface area contributed by atoms with Crippen LogP contribution < -0.4 is 5.73 Å². The Morgan fingerprint density at radius 2 is 1.91 bits per heavy atom. The van der Waals surface area contributed by atoms with Crippen LogP contribution in [0.5, 0.6) is 0 Å². The average Bonchev–Trinajstić information content (AvgIpc) is 2.17. The van der Waals surface area contributed by atoms with Gasteiger partial charge in [0.25, 0.3) is 0 Å². The van der Waals surface area contributed by atoms with Crippen molar-refractivity contribution >= 4 is 0 Å². The van der Waals surface area contributed by atoms with Crippen LogP contribution in [-0.2, 0) is 0 Å². The maximum atomic E-state index is 5.96. The van der Waals surface area contributed by atoms with E-state index in [0.29, 0.717) is 24.0 Å². The fourth-order valence-electron chi connectivity index (χ4n) is 1.92. The van der Waals surface area contributed by atoms with Crippen molar-refractivity contribution in [2.24, 2.45) is 11.7 Å². The Morgan fingerprint density at radius 1 is 1.36 bits per heavy atom. The van der Waals surface area contributed by atoms with Crippen molar-refractivity contribution in [3.05, 3.63) is 0 Å². The van der Waals surface area contributed by atoms with E-state index in [0.717, 1.165) is 6.54 Å². The first-order chi connectivity index (χ1) is 5.04. The molecular weight excluding hydrogens is 136 g/mol. The third kappa shape index (κ3) is 1.57. The zero-order valence-electron chi connectivity index (χ0n) is 8.04. The van der Waals surface area contributed by atoms with Crippen LogP contribution in [0.4, 0.5) is 0 Å². The number of hydrogen-bond donors (Lipinski definition) is 1. The predicted octanol–water partition coefficient (Wildman–Crippen LogP) is 1.06. The molecule has 0 aliphatic carbocycles. The van der Waals surface area contributed by atoms with E-state index in [9.17, 15) is 0 Å². The summed E-state index contributed by atoms with van der Waals surface area (Å²) in [6.45, 7) is 10.1. The lowest BCUT2D eigenvalue weighted by Crippen LogP contribution is -2.35. The third-order valence-corrected chi connectivity index (χ3v) is 3.04. The minimum Gasteiger partial charge on any atom is -0.326 e. The number of likely N-dealkylation sites (tertiary alicyclic amines) is 1. The monoisotopic (exact) mass is 156 g/mol. The summed E-state index contributed by atoms with van der Waals surface area (Å²) in [7, 11) is 0. The first kappa shape index (κ1) is 9.01. The van der Waals surface area contributed by atoms with Crippen molar-refractivity contribution in [1.82, 2.24) is 4.90 Å². The molecule has 0 radical (unpaired) electrons. The van der Waals surface area contributed by atoms with Crippen molar-refractivity contribution in [3.8, 4) is 0 Å². The van der Waals surface area contributed by atoms with Gasteiger partial charge in [-0.25, -0.2) is 0 Å². The van der Waals surface area contributed by atoms with Crippen LogP contribution in [0.2, 0.25) is 0 Å². The van der Waals surface area contributed by atoms with E-state index >= 15 is 0 Å². The van der Waals surface area contributed by atoms with Crippen molar-refractivity contribution in [2.45, 2.75) is 45.8 Å². The Labute approximate surface area is 69.8 Å². The molecule has 0 bridgehead atoms. The van der Waals surface area contributed by atoms with Gasteiger partial charge in [-0.05, 0) is 26.7 Å². The zero-order chi connectivity index (χ0) is 8.59. The number of nitrogens with zero attached hydrogens (tertiary/aromatic N) is 1. The van der Waals surface area contributed by atoms with E-state index in [2.05, 4.69) is 32.6 Å². The number of hydrogen-bond acceptors (Lipinski definition) is 2. The predicted molar refractivity (Wildman–Crippen MR) is 48.4 cm³/mol. The summed E-state index contributed by atoms with van der Waals surface area (Å²) in [6, 6.07) is 1.68. The molecule has 1 aliphatic rings. The molecule has 0 unspecified atom stereocenters. The second-order valence-corrected chi connectivity index (χ2v) is 4.05. The average molecular weight is 156 g/mol. The molecule has 1 aliphatic heterocycles. The molecular formula is C9H20N2. The second-order valence-electron chi connectivity index (χ2n) is 4.05. The SMILES string of the molecule is CC(C)N1C[C@H](N)[C@H](C)[C@@H]1C. The van der Waals surface area contributed by atoms with E-state index in [1.165, 1.54) is 0 Å². The summed E-state index contributed by atoms with van der Waals surface area (Å²) in [5.74, 6) is 0.650. The first-order valence-electron chi connectivity index (χ1n) is 4.55. The molecule has 1 fully saturated rings. The fourth-order valence-corrected chi connectivity index (χ4v) is 1.92. The van der Waals surface area contributed by atoms with Crippen LogP contribution in [-0.4, -0.2) is 29.6 Å². The van der Waals surface area contributed by atoms with Crippen LogP contribution in [0.25, 0.3) is 0 Å². The summed E-state index contributed by atoms with van der Waals surface area (Å²) >= 11 is 0. The minimum absolute atomic E-state index is 0.382. The molecule has 1 saturated heterocycles. The molecule has 1 heterocycles. The molecule has 0 amide bonds. The first-order valence-corrected chi connectivity index (χ1v) is 4.55. The minimum atomic E-state index is 0.382. The van der Waals surface area contributed by atoms with Gasteiger partial charge in [0, 0.05) is 24.7 Å². The molecule has 0 aromatic carbocycles. The normalized spacial score (nSPS) is 40.4. The van der Waals surface area contributed by atoms with Gasteiger partial charge >= 0.3 is 0 Å². The molecule has 1 rings (SSSR count). The van der Waals surface area contributed by atoms with Crippen LogP contribution in [0.3, 0.4) is 0 Å². The lowest BCUT2D eigenvalue weighted by Gasteiger charge is -2.26. The summed E-state index contributed by atoms with van der Waals surface area (Å²) in [4.78, 5) is 2.48. The van der Waals surface area contributed by atoms with Gasteiger partial charge in [-0.15, -0.1) is 0 Å². The van der Waals surface area contributed by atoms with Gasteiger partial charge in [0.1, 0.15) is 0 Å². The van der Waals surface area contributed by atoms with Gasteiger partial charge < -0.3 is 5.73 Å². The van der Waals surface area contributed by atoms with Crippen molar-refractivity contribution < 1.29 is 0 Å². The van der Waals surface area contributed by atoms with Crippen molar-refractivity contribution in [1.29, 1.82) is 0 Å². The van der Waals surface area contributed by atoms with Crippen LogP contribution >= 0.6 is 0 Å². The highest BCUT2D eigenvalue weighted by Crippen LogP contribution is 2.24. The highest BCUT2D eigenvalue weighted by molar-refractivity contribution is 4.91. The maximum absolute atomic E-state index is 5.96. The van der Waals surface area contributed by atoms with Gasteiger partial charge in [0.05, 0.1) is 0 Å². The second kappa shape index (κ2) is 3.11. The number of nitrogens with two attached hydrogens (primary N) is 1. The molecule has 0 aromatic heterocycles. The Bertz CT molecular complexity index is 134. The molecule has 3 atom stereocenters. The van der Waals surface area contributed by atoms with Crippen molar-refractivity contribution in [3.63, 3.8) is 0 Å². The largest absolute Gasteiger partial charge is 0.326 e. The molecule has 2 N–H and O–H groups in total. The molecule has 0 aromatic rings. The van der Waals surface area contributed by atoms with E-state index < -0.39 is 0 Å². The maximum Gasteiger partial charge on any atom is 0.0208 e. The van der Waals surface area contributed by atoms with Gasteiger partial charge in [-0.1, -0.05) is 6.92 Å². The Balaban J connectivity index is 2.59. The van der Waals surface area contributed by atoms with Gasteiger partial charge in [0.15, 0.2) is 0 Å². The van der Waals surface area contributed by atoms with E-state index in [1.54, 1.807) is 0 Å². The van der Waals surface area contributed by atoms with Crippen molar-refractivity contribution in [2.75, 3.05) is 6.54 Å². The van der Waals surface area contributed by atoms with Gasteiger partial charge in [-0.2, -0.15) is 0 Å². The third-order valence-electron chi connectivity index (χ3n) is 3.04. The Kier molecular flexibility index (Phi) is 2.55. The lowest BCUT2D eigenvalue weighted by atomic mass is 10.0. The molecule has 0 spiro atoms. The zero-order valence-corrected chi connectivity index (χ0v) is 8.04. The van der Waals surface area contributed by atoms with E-state index in [4.69, 9.17) is 5.73 Å². The number of rotatable bonds is 1. The summed E-state index contributed by atoms with van der Waals surface area (Å²) in [5.41, 5.74) is 5.96. The summed E-state index contributed by atoms with van der Waals surface area (Å²) in [6.07, 6.45) is 0. The molecule has 0 saturated carbocycles. The molecule has 66 valence electrons. The lowest BCUT2D eigenvalue weighted by molar-refractivity contribution is 0.199. The highest BCUT2D eigenvalue weighted by atomic mass is 15.2. The Hall–Kier alpha value is -0.0800. The summed E-state index contributed by atoms with van der Waals surface area (Å²) < 4.78 is 0. The molecule has 2 heteroatoms. The Morgan fingerprint density at radius 3 is 2.09 bits per heavy atom. The van der Waals surface area contributed by atoms with E-state index in [1.807, 2.05) is 0 Å². The quantitative estimate of drug-likeness (QED) is 0.615. The smallest absolute Gasteiger partial charge is 0.0208 e. The standard InChI is InChI=1S/C9H20N2/c1-6(2)11-5-9(10)7(3)8(11)4/h6-9H,5,10H2,1-4H3/t7-,8+,9+/m1/s1. The van der Waals surface area contributed by atoms with Crippen LogP contribution in [0.1, 0.15) is 27.7 Å². The highest BCUT2D eigenvalue weighted by Gasteiger charge is 2.34. The topological polar surface area (TPSA) is 29.3 Å². The van der Waals surface area contributed by atoms with Crippen LogP contribution in [0, 0.1) is 5.92 Å².